The molecule has 0 aromatic carbocycles. The predicted molar refractivity (Wildman–Crippen MR) is 48.6 cm³/mol. The Balaban J connectivity index is 2.62. The van der Waals surface area contributed by atoms with Gasteiger partial charge in [-0.1, -0.05) is 11.5 Å². The number of aryl methyl sites for hydroxylation is 1. The van der Waals surface area contributed by atoms with Gasteiger partial charge in [0, 0.05) is 6.20 Å². The molecule has 0 atom stereocenters. The lowest BCUT2D eigenvalue weighted by atomic mass is 9.81. The van der Waals surface area contributed by atoms with Gasteiger partial charge in [-0.2, -0.15) is 0 Å². The summed E-state index contributed by atoms with van der Waals surface area (Å²) in [7, 11) is 0. The topological polar surface area (TPSA) is 17.3 Å². The maximum Gasteiger partial charge on any atom is 0.511 e. The van der Waals surface area contributed by atoms with Crippen LogP contribution < -0.4 is 5.46 Å². The third-order valence-electron chi connectivity index (χ3n) is 1.97. The fourth-order valence-electron chi connectivity index (χ4n) is 1.33. The third kappa shape index (κ3) is 1.47. The second kappa shape index (κ2) is 2.77. The average molecular weight is 199 g/mol. The van der Waals surface area contributed by atoms with E-state index in [-0.39, 0.29) is 0 Å². The molecule has 2 aromatic rings. The molecule has 0 aliphatic heterocycles. The molecule has 0 aliphatic carbocycles. The van der Waals surface area contributed by atoms with Gasteiger partial charge in [0.05, 0.1) is 5.69 Å². The first-order chi connectivity index (χ1) is 6.47. The van der Waals surface area contributed by atoms with Crippen LogP contribution in [0.1, 0.15) is 5.69 Å². The van der Waals surface area contributed by atoms with Crippen molar-refractivity contribution in [1.82, 2.24) is 9.38 Å². The molecule has 0 radical (unpaired) electrons. The Kier molecular flexibility index (Phi) is 1.80. The molecule has 0 spiro atoms. The first kappa shape index (κ1) is 9.11. The largest absolute Gasteiger partial charge is 0.511 e. The molecule has 0 saturated heterocycles. The molecule has 2 rings (SSSR count). The number of hydrogen-bond acceptors (Lipinski definition) is 1. The zero-order chi connectivity index (χ0) is 10.3. The normalized spacial score (nSPS) is 12.3. The van der Waals surface area contributed by atoms with Gasteiger partial charge >= 0.3 is 6.98 Å². The van der Waals surface area contributed by atoms with E-state index < -0.39 is 12.4 Å². The van der Waals surface area contributed by atoms with Gasteiger partial charge in [-0.05, 0) is 19.2 Å². The van der Waals surface area contributed by atoms with Gasteiger partial charge in [0.2, 0.25) is 0 Å². The van der Waals surface area contributed by atoms with Gasteiger partial charge in [-0.3, -0.25) is 0 Å². The molecule has 0 aliphatic rings. The molecule has 2 nitrogen and oxygen atoms in total. The molecule has 0 N–H and O–H groups in total. The van der Waals surface area contributed by atoms with Crippen LogP contribution in [-0.4, -0.2) is 16.4 Å². The number of pyridine rings is 1. The summed E-state index contributed by atoms with van der Waals surface area (Å²) in [5.74, 6) is 0. The molecule has 6 heteroatoms. The van der Waals surface area contributed by atoms with Crippen LogP contribution in [0.3, 0.4) is 0 Å². The van der Waals surface area contributed by atoms with E-state index in [1.807, 2.05) is 0 Å². The number of fused-ring (bicyclic) bond motifs is 1. The van der Waals surface area contributed by atoms with Crippen LogP contribution in [0, 0.1) is 6.92 Å². The summed E-state index contributed by atoms with van der Waals surface area (Å²) in [6, 6.07) is 2.43. The van der Waals surface area contributed by atoms with E-state index in [1.54, 1.807) is 13.1 Å². The minimum absolute atomic E-state index is 0.534. The van der Waals surface area contributed by atoms with Gasteiger partial charge in [-0.15, -0.1) is 0 Å². The monoisotopic (exact) mass is 199 g/mol. The number of nitrogens with zero attached hydrogens (tertiary/aromatic N) is 2. The number of hydrogen-bond donors (Lipinski definition) is 0. The first-order valence-electron chi connectivity index (χ1n) is 4.12. The van der Waals surface area contributed by atoms with Crippen molar-refractivity contribution in [3.8, 4) is 0 Å². The maximum absolute atomic E-state index is 12.4. The van der Waals surface area contributed by atoms with Crippen LogP contribution in [0.5, 0.6) is 0 Å². The summed E-state index contributed by atoms with van der Waals surface area (Å²) < 4.78 is 38.4. The number of aromatic nitrogens is 2. The lowest BCUT2D eigenvalue weighted by molar-refractivity contribution is 0.500. The quantitative estimate of drug-likeness (QED) is 0.638. The molecule has 0 amide bonds. The summed E-state index contributed by atoms with van der Waals surface area (Å²) in [6.07, 6.45) is 2.63. The summed E-state index contributed by atoms with van der Waals surface area (Å²) in [4.78, 5) is 4.04. The maximum atomic E-state index is 12.4. The highest BCUT2D eigenvalue weighted by Gasteiger charge is 2.25. The SMILES string of the molecule is Cc1cn2cc([B-](F)(F)F)ccc2n1. The second-order valence-corrected chi connectivity index (χ2v) is 3.18. The minimum atomic E-state index is -4.93. The molecule has 0 fully saturated rings. The second-order valence-electron chi connectivity index (χ2n) is 3.18. The fraction of sp³-hybridized carbons (Fsp3) is 0.125. The Hall–Kier alpha value is -1.46. The highest BCUT2D eigenvalue weighted by atomic mass is 19.4. The Morgan fingerprint density at radius 2 is 1.93 bits per heavy atom. The van der Waals surface area contributed by atoms with E-state index in [4.69, 9.17) is 0 Å². The van der Waals surface area contributed by atoms with Gasteiger partial charge in [0.25, 0.3) is 0 Å². The number of halogens is 3. The highest BCUT2D eigenvalue weighted by molar-refractivity contribution is 6.73. The molecule has 2 aromatic heterocycles. The van der Waals surface area contributed by atoms with Gasteiger partial charge < -0.3 is 17.3 Å². The Labute approximate surface area is 78.4 Å². The van der Waals surface area contributed by atoms with Crippen molar-refractivity contribution >= 4 is 18.1 Å². The summed E-state index contributed by atoms with van der Waals surface area (Å²) in [6.45, 7) is -3.18. The standard InChI is InChI=1S/C8H7BF3N2/c1-6-4-14-5-7(9(10,11)12)2-3-8(14)13-6/h2-5H,1H3/q-1. The van der Waals surface area contributed by atoms with E-state index in [0.717, 1.165) is 12.3 Å². The third-order valence-corrected chi connectivity index (χ3v) is 1.97. The van der Waals surface area contributed by atoms with Crippen molar-refractivity contribution in [2.75, 3.05) is 0 Å². The van der Waals surface area contributed by atoms with E-state index in [9.17, 15) is 12.9 Å². The van der Waals surface area contributed by atoms with Crippen LogP contribution >= 0.6 is 0 Å². The van der Waals surface area contributed by atoms with Crippen molar-refractivity contribution in [3.05, 3.63) is 30.2 Å². The van der Waals surface area contributed by atoms with Crippen LogP contribution in [0.4, 0.5) is 12.9 Å². The minimum Gasteiger partial charge on any atom is -0.445 e. The first-order valence-corrected chi connectivity index (χ1v) is 4.12. The summed E-state index contributed by atoms with van der Waals surface area (Å²) in [5, 5.41) is 0. The summed E-state index contributed by atoms with van der Waals surface area (Å²) in [5.41, 5.74) is 0.637. The van der Waals surface area contributed by atoms with Crippen LogP contribution in [0.15, 0.2) is 24.5 Å². The van der Waals surface area contributed by atoms with Gasteiger partial charge in [-0.25, -0.2) is 4.98 Å². The number of imidazole rings is 1. The molecule has 74 valence electrons. The molecule has 0 unspecified atom stereocenters. The molecular weight excluding hydrogens is 192 g/mol. The van der Waals surface area contributed by atoms with Crippen LogP contribution in [0.2, 0.25) is 0 Å². The zero-order valence-corrected chi connectivity index (χ0v) is 7.42. The number of rotatable bonds is 1. The van der Waals surface area contributed by atoms with E-state index in [2.05, 4.69) is 4.98 Å². The van der Waals surface area contributed by atoms with Crippen LogP contribution in [0.25, 0.3) is 5.65 Å². The average Bonchev–Trinajstić information content (AvgIpc) is 2.41. The molecule has 0 bridgehead atoms. The van der Waals surface area contributed by atoms with E-state index in [1.165, 1.54) is 10.5 Å². The van der Waals surface area contributed by atoms with Crippen molar-refractivity contribution in [3.63, 3.8) is 0 Å². The lowest BCUT2D eigenvalue weighted by Crippen LogP contribution is -2.34. The van der Waals surface area contributed by atoms with Gasteiger partial charge in [0.1, 0.15) is 5.65 Å². The Bertz CT molecular complexity index is 475. The lowest BCUT2D eigenvalue weighted by Gasteiger charge is -2.14. The smallest absolute Gasteiger partial charge is 0.445 e. The summed E-state index contributed by atoms with van der Waals surface area (Å²) >= 11 is 0. The van der Waals surface area contributed by atoms with Gasteiger partial charge in [0.15, 0.2) is 0 Å². The van der Waals surface area contributed by atoms with Crippen molar-refractivity contribution < 1.29 is 12.9 Å². The zero-order valence-electron chi connectivity index (χ0n) is 7.42. The Morgan fingerprint density at radius 1 is 1.21 bits per heavy atom. The van der Waals surface area contributed by atoms with E-state index in [0.29, 0.717) is 11.3 Å². The predicted octanol–water partition coefficient (Wildman–Crippen LogP) is 1.70. The highest BCUT2D eigenvalue weighted by Crippen LogP contribution is 2.10. The van der Waals surface area contributed by atoms with E-state index >= 15 is 0 Å². The van der Waals surface area contributed by atoms with Crippen molar-refractivity contribution in [1.29, 1.82) is 0 Å². The van der Waals surface area contributed by atoms with Crippen LogP contribution in [-0.2, 0) is 0 Å². The molecule has 0 saturated carbocycles. The van der Waals surface area contributed by atoms with Crippen molar-refractivity contribution in [2.24, 2.45) is 0 Å². The molecular formula is C8H7BF3N2-. The van der Waals surface area contributed by atoms with Crippen molar-refractivity contribution in [2.45, 2.75) is 6.92 Å². The molecule has 2 heterocycles. The molecule has 14 heavy (non-hydrogen) atoms. The fourth-order valence-corrected chi connectivity index (χ4v) is 1.33. The Morgan fingerprint density at radius 3 is 2.57 bits per heavy atom.